The standard InChI is InChI=1S/C5H7NO4S/c7-11(8,9)6-2-1-4-10-5-3-6/h1-3,5H,4H2,(H,7,8,9). The number of ether oxygens (including phenoxy) is 1. The largest absolute Gasteiger partial charge is 0.496 e. The Hall–Kier alpha value is -1.01. The molecule has 5 nitrogen and oxygen atoms in total. The van der Waals surface area contributed by atoms with E-state index in [-0.39, 0.29) is 0 Å². The minimum Gasteiger partial charge on any atom is -0.496 e. The first kappa shape index (κ1) is 8.09. The van der Waals surface area contributed by atoms with E-state index in [4.69, 9.17) is 9.29 Å². The van der Waals surface area contributed by atoms with Crippen molar-refractivity contribution < 1.29 is 17.7 Å². The molecule has 0 spiro atoms. The van der Waals surface area contributed by atoms with Crippen LogP contribution in [0.3, 0.4) is 0 Å². The maximum absolute atomic E-state index is 10.5. The highest BCUT2D eigenvalue weighted by Gasteiger charge is 2.11. The number of hydrogen-bond donors (Lipinski definition) is 1. The van der Waals surface area contributed by atoms with Crippen molar-refractivity contribution in [1.29, 1.82) is 0 Å². The predicted molar refractivity (Wildman–Crippen MR) is 37.6 cm³/mol. The summed E-state index contributed by atoms with van der Waals surface area (Å²) >= 11 is 0. The Morgan fingerprint density at radius 1 is 1.45 bits per heavy atom. The van der Waals surface area contributed by atoms with Gasteiger partial charge in [-0.15, -0.1) is 0 Å². The van der Waals surface area contributed by atoms with Gasteiger partial charge in [0, 0.05) is 6.20 Å². The van der Waals surface area contributed by atoms with Gasteiger partial charge in [0.15, 0.2) is 0 Å². The van der Waals surface area contributed by atoms with E-state index in [2.05, 4.69) is 0 Å². The lowest BCUT2D eigenvalue weighted by Gasteiger charge is -2.07. The van der Waals surface area contributed by atoms with Gasteiger partial charge in [0.2, 0.25) is 0 Å². The van der Waals surface area contributed by atoms with Crippen LogP contribution in [0.2, 0.25) is 0 Å². The summed E-state index contributed by atoms with van der Waals surface area (Å²) in [4.78, 5) is 0. The molecule has 6 heteroatoms. The first-order chi connectivity index (χ1) is 5.11. The van der Waals surface area contributed by atoms with Crippen LogP contribution in [-0.4, -0.2) is 23.9 Å². The molecule has 11 heavy (non-hydrogen) atoms. The lowest BCUT2D eigenvalue weighted by Crippen LogP contribution is -2.18. The zero-order valence-electron chi connectivity index (χ0n) is 5.54. The molecule has 0 atom stereocenters. The van der Waals surface area contributed by atoms with E-state index in [1.54, 1.807) is 0 Å². The third-order valence-corrected chi connectivity index (χ3v) is 1.79. The van der Waals surface area contributed by atoms with E-state index in [9.17, 15) is 8.42 Å². The van der Waals surface area contributed by atoms with E-state index in [1.807, 2.05) is 0 Å². The first-order valence-electron chi connectivity index (χ1n) is 2.81. The Kier molecular flexibility index (Phi) is 2.16. The fraction of sp³-hybridized carbons (Fsp3) is 0.200. The second-order valence-corrected chi connectivity index (χ2v) is 3.13. The van der Waals surface area contributed by atoms with Crippen LogP contribution in [0.1, 0.15) is 0 Å². The van der Waals surface area contributed by atoms with Gasteiger partial charge in [0.1, 0.15) is 12.9 Å². The predicted octanol–water partition coefficient (Wildman–Crippen LogP) is 0.106. The molecule has 0 saturated heterocycles. The van der Waals surface area contributed by atoms with Crippen LogP contribution in [0.15, 0.2) is 24.7 Å². The van der Waals surface area contributed by atoms with Gasteiger partial charge >= 0.3 is 10.3 Å². The highest BCUT2D eigenvalue weighted by Crippen LogP contribution is 2.02. The molecule has 62 valence electrons. The SMILES string of the molecule is O=S(=O)(O)N1C=CCOC=C1. The molecule has 0 aromatic heterocycles. The topological polar surface area (TPSA) is 66.8 Å². The maximum Gasteiger partial charge on any atom is 0.363 e. The fourth-order valence-electron chi connectivity index (χ4n) is 0.565. The molecule has 0 unspecified atom stereocenters. The molecule has 1 N–H and O–H groups in total. The fourth-order valence-corrected chi connectivity index (χ4v) is 1.01. The summed E-state index contributed by atoms with van der Waals surface area (Å²) in [5.74, 6) is 0. The molecular weight excluding hydrogens is 170 g/mol. The summed E-state index contributed by atoms with van der Waals surface area (Å²) in [6, 6.07) is 0. The number of nitrogens with zero attached hydrogens (tertiary/aromatic N) is 1. The molecule has 0 aromatic carbocycles. The van der Waals surface area contributed by atoms with Crippen LogP contribution in [0.25, 0.3) is 0 Å². The second kappa shape index (κ2) is 2.93. The molecular formula is C5H7NO4S. The lowest BCUT2D eigenvalue weighted by atomic mass is 10.6. The van der Waals surface area contributed by atoms with Crippen molar-refractivity contribution in [2.75, 3.05) is 6.61 Å². The average Bonchev–Trinajstić information content (AvgIpc) is 2.10. The van der Waals surface area contributed by atoms with Gasteiger partial charge in [-0.3, -0.25) is 4.55 Å². The van der Waals surface area contributed by atoms with Gasteiger partial charge < -0.3 is 4.74 Å². The maximum atomic E-state index is 10.5. The van der Waals surface area contributed by atoms with Crippen LogP contribution < -0.4 is 0 Å². The zero-order valence-corrected chi connectivity index (χ0v) is 6.36. The summed E-state index contributed by atoms with van der Waals surface area (Å²) in [6.07, 6.45) is 4.97. The van der Waals surface area contributed by atoms with Crippen molar-refractivity contribution in [3.63, 3.8) is 0 Å². The van der Waals surface area contributed by atoms with Crippen molar-refractivity contribution >= 4 is 10.3 Å². The van der Waals surface area contributed by atoms with Crippen molar-refractivity contribution in [3.8, 4) is 0 Å². The molecule has 0 fully saturated rings. The quantitative estimate of drug-likeness (QED) is 0.577. The van der Waals surface area contributed by atoms with E-state index in [0.29, 0.717) is 10.9 Å². The number of rotatable bonds is 1. The summed E-state index contributed by atoms with van der Waals surface area (Å²) in [7, 11) is -4.17. The molecule has 1 rings (SSSR count). The Balaban J connectivity index is 2.87. The molecule has 0 aliphatic carbocycles. The summed E-state index contributed by atoms with van der Waals surface area (Å²) in [5, 5.41) is 0. The van der Waals surface area contributed by atoms with Gasteiger partial charge in [-0.25, -0.2) is 4.31 Å². The Morgan fingerprint density at radius 3 is 2.82 bits per heavy atom. The lowest BCUT2D eigenvalue weighted by molar-refractivity contribution is 0.289. The van der Waals surface area contributed by atoms with Gasteiger partial charge in [-0.1, -0.05) is 0 Å². The third-order valence-electron chi connectivity index (χ3n) is 1.02. The third kappa shape index (κ3) is 2.24. The highest BCUT2D eigenvalue weighted by molar-refractivity contribution is 7.83. The van der Waals surface area contributed by atoms with Gasteiger partial charge in [0.25, 0.3) is 0 Å². The van der Waals surface area contributed by atoms with Crippen molar-refractivity contribution in [3.05, 3.63) is 24.7 Å². The highest BCUT2D eigenvalue weighted by atomic mass is 32.2. The smallest absolute Gasteiger partial charge is 0.363 e. The van der Waals surface area contributed by atoms with Crippen molar-refractivity contribution in [1.82, 2.24) is 4.31 Å². The Labute approximate surface area is 64.5 Å². The molecule has 1 aliphatic heterocycles. The first-order valence-corrected chi connectivity index (χ1v) is 4.21. The molecule has 0 amide bonds. The van der Waals surface area contributed by atoms with E-state index in [0.717, 1.165) is 6.20 Å². The summed E-state index contributed by atoms with van der Waals surface area (Å²) in [5.41, 5.74) is 0. The van der Waals surface area contributed by atoms with Crippen LogP contribution >= 0.6 is 0 Å². The van der Waals surface area contributed by atoms with Crippen molar-refractivity contribution in [2.45, 2.75) is 0 Å². The van der Waals surface area contributed by atoms with Crippen LogP contribution in [0, 0.1) is 0 Å². The minimum atomic E-state index is -4.17. The molecule has 0 radical (unpaired) electrons. The molecule has 1 heterocycles. The normalized spacial score (nSPS) is 17.7. The van der Waals surface area contributed by atoms with Gasteiger partial charge in [-0.05, 0) is 6.08 Å². The monoisotopic (exact) mass is 177 g/mol. The number of hydrogen-bond acceptors (Lipinski definition) is 3. The minimum absolute atomic E-state index is 0.294. The summed E-state index contributed by atoms with van der Waals surface area (Å²) < 4.78 is 34.8. The Bertz CT molecular complexity index is 265. The van der Waals surface area contributed by atoms with Gasteiger partial charge in [0.05, 0.1) is 6.20 Å². The second-order valence-electron chi connectivity index (χ2n) is 1.81. The van der Waals surface area contributed by atoms with Gasteiger partial charge in [-0.2, -0.15) is 8.42 Å². The summed E-state index contributed by atoms with van der Waals surface area (Å²) in [6.45, 7) is 0.294. The molecule has 0 saturated carbocycles. The zero-order chi connectivity index (χ0) is 8.32. The van der Waals surface area contributed by atoms with E-state index in [1.165, 1.54) is 18.5 Å². The van der Waals surface area contributed by atoms with Crippen molar-refractivity contribution in [2.24, 2.45) is 0 Å². The van der Waals surface area contributed by atoms with E-state index >= 15 is 0 Å². The van der Waals surface area contributed by atoms with Crippen LogP contribution in [-0.2, 0) is 15.0 Å². The Morgan fingerprint density at radius 2 is 2.18 bits per heavy atom. The molecule has 0 aromatic rings. The molecule has 0 bridgehead atoms. The average molecular weight is 177 g/mol. The molecule has 1 aliphatic rings. The van der Waals surface area contributed by atoms with Crippen LogP contribution in [0.4, 0.5) is 0 Å². The van der Waals surface area contributed by atoms with Crippen LogP contribution in [0.5, 0.6) is 0 Å². The van der Waals surface area contributed by atoms with E-state index < -0.39 is 10.3 Å².